The molecule has 0 saturated heterocycles. The van der Waals surface area contributed by atoms with E-state index in [2.05, 4.69) is 5.32 Å². The van der Waals surface area contributed by atoms with Gasteiger partial charge in [-0.25, -0.2) is 4.39 Å². The van der Waals surface area contributed by atoms with E-state index in [-0.39, 0.29) is 17.5 Å². The summed E-state index contributed by atoms with van der Waals surface area (Å²) in [5.74, 6) is -0.551. The Balaban J connectivity index is 1.75. The van der Waals surface area contributed by atoms with Gasteiger partial charge in [0, 0.05) is 41.0 Å². The number of methoxy groups -OCH3 is 2. The lowest BCUT2D eigenvalue weighted by atomic mass is 9.99. The third-order valence-corrected chi connectivity index (χ3v) is 6.01. The number of ether oxygens (including phenoxy) is 2. The van der Waals surface area contributed by atoms with E-state index in [0.717, 1.165) is 17.2 Å². The lowest BCUT2D eigenvalue weighted by molar-refractivity contribution is -0.116. The van der Waals surface area contributed by atoms with Gasteiger partial charge in [-0.05, 0) is 49.2 Å². The van der Waals surface area contributed by atoms with Crippen molar-refractivity contribution in [3.8, 4) is 11.5 Å². The zero-order valence-electron chi connectivity index (χ0n) is 20.3. The van der Waals surface area contributed by atoms with Crippen LogP contribution in [0.1, 0.15) is 27.0 Å². The molecule has 3 aromatic carbocycles. The molecule has 0 bridgehead atoms. The Kier molecular flexibility index (Phi) is 6.87. The van der Waals surface area contributed by atoms with E-state index in [4.69, 9.17) is 9.47 Å². The van der Waals surface area contributed by atoms with Gasteiger partial charge in [0.05, 0.1) is 25.3 Å². The van der Waals surface area contributed by atoms with Crippen molar-refractivity contribution in [1.82, 2.24) is 4.57 Å². The van der Waals surface area contributed by atoms with Gasteiger partial charge in [0.2, 0.25) is 11.3 Å². The lowest BCUT2D eigenvalue weighted by Crippen LogP contribution is -2.24. The molecule has 184 valence electrons. The molecule has 0 saturated carbocycles. The molecular weight excluding hydrogens is 463 g/mol. The molecule has 1 heterocycles. The highest BCUT2D eigenvalue weighted by molar-refractivity contribution is 6.10. The number of carbonyl (C=O) groups is 2. The van der Waals surface area contributed by atoms with Gasteiger partial charge in [-0.1, -0.05) is 12.1 Å². The average molecular weight is 489 g/mol. The molecule has 0 radical (unpaired) electrons. The molecule has 8 heteroatoms. The highest BCUT2D eigenvalue weighted by Crippen LogP contribution is 2.26. The van der Waals surface area contributed by atoms with Crippen LogP contribution in [0.15, 0.2) is 65.6 Å². The van der Waals surface area contributed by atoms with Crippen LogP contribution in [0.3, 0.4) is 0 Å². The topological polar surface area (TPSA) is 86.6 Å². The monoisotopic (exact) mass is 488 g/mol. The number of halogens is 1. The van der Waals surface area contributed by atoms with Crippen molar-refractivity contribution >= 4 is 28.3 Å². The number of ketones is 1. The van der Waals surface area contributed by atoms with E-state index in [0.29, 0.717) is 28.3 Å². The Bertz CT molecular complexity index is 1540. The molecule has 7 nitrogen and oxygen atoms in total. The van der Waals surface area contributed by atoms with Gasteiger partial charge in [0.15, 0.2) is 5.78 Å². The summed E-state index contributed by atoms with van der Waals surface area (Å²) in [5.41, 5.74) is 2.28. The van der Waals surface area contributed by atoms with Gasteiger partial charge >= 0.3 is 0 Å². The quantitative estimate of drug-likeness (QED) is 0.383. The van der Waals surface area contributed by atoms with E-state index in [1.54, 1.807) is 36.4 Å². The van der Waals surface area contributed by atoms with Crippen molar-refractivity contribution in [1.29, 1.82) is 0 Å². The Morgan fingerprint density at radius 1 is 0.917 bits per heavy atom. The van der Waals surface area contributed by atoms with Crippen molar-refractivity contribution < 1.29 is 23.5 Å². The van der Waals surface area contributed by atoms with Crippen LogP contribution in [0.5, 0.6) is 11.5 Å². The lowest BCUT2D eigenvalue weighted by Gasteiger charge is -2.14. The smallest absolute Gasteiger partial charge is 0.244 e. The van der Waals surface area contributed by atoms with Gasteiger partial charge in [-0.3, -0.25) is 14.4 Å². The first-order valence-electron chi connectivity index (χ1n) is 11.2. The largest absolute Gasteiger partial charge is 0.497 e. The molecule has 1 aromatic heterocycles. The number of aryl methyl sites for hydroxylation is 2. The fourth-order valence-electron chi connectivity index (χ4n) is 3.94. The molecule has 0 aliphatic rings. The van der Waals surface area contributed by atoms with Gasteiger partial charge < -0.3 is 19.4 Å². The maximum absolute atomic E-state index is 14.1. The van der Waals surface area contributed by atoms with Crippen LogP contribution >= 0.6 is 0 Å². The second-order valence-corrected chi connectivity index (χ2v) is 8.44. The average Bonchev–Trinajstić information content (AvgIpc) is 2.86. The summed E-state index contributed by atoms with van der Waals surface area (Å²) >= 11 is 0. The van der Waals surface area contributed by atoms with Gasteiger partial charge in [0.1, 0.15) is 23.9 Å². The van der Waals surface area contributed by atoms with Crippen molar-refractivity contribution in [2.24, 2.45) is 0 Å². The molecular formula is C28H25FN2O5. The number of nitrogens with zero attached hydrogens (tertiary/aromatic N) is 1. The SMILES string of the molecule is COc1cc(NC(=O)Cn2cc(C(=O)c3ccc(C)c(C)c3)c(=O)c3cc(F)ccc32)cc(OC)c1. The number of benzene rings is 3. The molecule has 1 amide bonds. The normalized spacial score (nSPS) is 10.8. The van der Waals surface area contributed by atoms with Crippen LogP contribution in [-0.4, -0.2) is 30.5 Å². The van der Waals surface area contributed by atoms with Crippen LogP contribution < -0.4 is 20.2 Å². The zero-order chi connectivity index (χ0) is 26.0. The summed E-state index contributed by atoms with van der Waals surface area (Å²) < 4.78 is 26.0. The Hall–Kier alpha value is -4.46. The molecule has 0 fully saturated rings. The summed E-state index contributed by atoms with van der Waals surface area (Å²) in [6, 6.07) is 13.8. The number of carbonyl (C=O) groups excluding carboxylic acids is 2. The molecule has 0 aliphatic carbocycles. The van der Waals surface area contributed by atoms with E-state index < -0.39 is 22.9 Å². The molecule has 0 spiro atoms. The number of rotatable bonds is 7. The van der Waals surface area contributed by atoms with E-state index >= 15 is 0 Å². The predicted octanol–water partition coefficient (Wildman–Crippen LogP) is 4.64. The molecule has 0 atom stereocenters. The summed E-state index contributed by atoms with van der Waals surface area (Å²) in [6.07, 6.45) is 1.35. The Labute approximate surface area is 207 Å². The number of anilines is 1. The second-order valence-electron chi connectivity index (χ2n) is 8.44. The number of amides is 1. The fourth-order valence-corrected chi connectivity index (χ4v) is 3.94. The molecule has 4 rings (SSSR count). The summed E-state index contributed by atoms with van der Waals surface area (Å²) in [6.45, 7) is 3.57. The van der Waals surface area contributed by atoms with Crippen LogP contribution in [0.4, 0.5) is 10.1 Å². The summed E-state index contributed by atoms with van der Waals surface area (Å²) in [7, 11) is 3.00. The van der Waals surface area contributed by atoms with Crippen molar-refractivity contribution in [2.45, 2.75) is 20.4 Å². The summed E-state index contributed by atoms with van der Waals surface area (Å²) in [4.78, 5) is 39.4. The van der Waals surface area contributed by atoms with E-state index in [1.165, 1.54) is 37.1 Å². The second kappa shape index (κ2) is 10.0. The molecule has 1 N–H and O–H groups in total. The first kappa shape index (κ1) is 24.7. The van der Waals surface area contributed by atoms with Crippen molar-refractivity contribution in [2.75, 3.05) is 19.5 Å². The standard InChI is InChI=1S/C28H25FN2O5/c1-16-5-6-18(9-17(16)2)27(33)24-14-31(25-8-7-19(29)10-23(25)28(24)34)15-26(32)30-20-11-21(35-3)13-22(12-20)36-4/h5-14H,15H2,1-4H3,(H,30,32). The third-order valence-electron chi connectivity index (χ3n) is 6.01. The van der Waals surface area contributed by atoms with Crippen molar-refractivity contribution in [3.63, 3.8) is 0 Å². The number of fused-ring (bicyclic) bond motifs is 1. The predicted molar refractivity (Wildman–Crippen MR) is 136 cm³/mol. The number of nitrogens with one attached hydrogen (secondary N) is 1. The number of pyridine rings is 1. The highest BCUT2D eigenvalue weighted by Gasteiger charge is 2.19. The number of hydrogen-bond acceptors (Lipinski definition) is 5. The maximum atomic E-state index is 14.1. The Morgan fingerprint density at radius 3 is 2.25 bits per heavy atom. The summed E-state index contributed by atoms with van der Waals surface area (Å²) in [5, 5.41) is 2.78. The van der Waals surface area contributed by atoms with E-state index in [9.17, 15) is 18.8 Å². The number of aromatic nitrogens is 1. The van der Waals surface area contributed by atoms with Gasteiger partial charge in [0.25, 0.3) is 0 Å². The van der Waals surface area contributed by atoms with Gasteiger partial charge in [-0.2, -0.15) is 0 Å². The fraction of sp³-hybridized carbons (Fsp3) is 0.179. The van der Waals surface area contributed by atoms with Gasteiger partial charge in [-0.15, -0.1) is 0 Å². The van der Waals surface area contributed by atoms with Crippen LogP contribution in [-0.2, 0) is 11.3 Å². The maximum Gasteiger partial charge on any atom is 0.244 e. The molecule has 4 aromatic rings. The molecule has 0 unspecified atom stereocenters. The zero-order valence-corrected chi connectivity index (χ0v) is 20.3. The van der Waals surface area contributed by atoms with Crippen LogP contribution in [0, 0.1) is 19.7 Å². The number of hydrogen-bond donors (Lipinski definition) is 1. The van der Waals surface area contributed by atoms with Crippen molar-refractivity contribution in [3.05, 3.63) is 99.1 Å². The minimum absolute atomic E-state index is 0.0144. The molecule has 36 heavy (non-hydrogen) atoms. The Morgan fingerprint density at radius 2 is 1.61 bits per heavy atom. The highest BCUT2D eigenvalue weighted by atomic mass is 19.1. The van der Waals surface area contributed by atoms with Crippen LogP contribution in [0.2, 0.25) is 0 Å². The first-order valence-corrected chi connectivity index (χ1v) is 11.2. The minimum atomic E-state index is -0.616. The first-order chi connectivity index (χ1) is 17.2. The third kappa shape index (κ3) is 4.98. The van der Waals surface area contributed by atoms with Crippen LogP contribution in [0.25, 0.3) is 10.9 Å². The minimum Gasteiger partial charge on any atom is -0.497 e. The van der Waals surface area contributed by atoms with E-state index in [1.807, 2.05) is 13.8 Å². The molecule has 0 aliphatic heterocycles.